The number of hydrogen-bond donors (Lipinski definition) is 2. The Hall–Kier alpha value is -0.930. The maximum Gasteiger partial charge on any atom is 0.283 e. The molecule has 7 nitrogen and oxygen atoms in total. The highest BCUT2D eigenvalue weighted by Crippen LogP contribution is 2.28. The zero-order valence-corrected chi connectivity index (χ0v) is 13.5. The Morgan fingerprint density at radius 3 is 2.76 bits per heavy atom. The molecule has 0 aromatic carbocycles. The molecule has 0 aromatic heterocycles. The van der Waals surface area contributed by atoms with Gasteiger partial charge in [0.25, 0.3) is 10.2 Å². The van der Waals surface area contributed by atoms with Gasteiger partial charge < -0.3 is 4.90 Å². The predicted octanol–water partition coefficient (Wildman–Crippen LogP) is -0.902. The van der Waals surface area contributed by atoms with Gasteiger partial charge in [-0.15, -0.1) is 0 Å². The van der Waals surface area contributed by atoms with E-state index in [1.165, 1.54) is 14.3 Å². The molecule has 3 aliphatic rings. The standard InChI is InChI=1S/C13H23N5O2S/c1-16(2)21(19,20)17(3)13-14-10-7-9-18-8-5-4-6-11(18)12(10)15-13/h4-6,10,12-15H,7-9H2,1-3H3/t10?,12?,13-/m0/s1. The lowest BCUT2D eigenvalue weighted by molar-refractivity contribution is 0.265. The Kier molecular flexibility index (Phi) is 3.83. The van der Waals surface area contributed by atoms with Crippen molar-refractivity contribution in [1.29, 1.82) is 0 Å². The van der Waals surface area contributed by atoms with Gasteiger partial charge >= 0.3 is 0 Å². The molecule has 3 aliphatic heterocycles. The van der Waals surface area contributed by atoms with Crippen LogP contribution in [-0.4, -0.2) is 74.5 Å². The fraction of sp³-hybridized carbons (Fsp3) is 0.692. The highest BCUT2D eigenvalue weighted by Gasteiger charge is 2.43. The molecule has 2 saturated heterocycles. The number of fused-ring (bicyclic) bond motifs is 3. The number of allylic oxidation sites excluding steroid dienone is 2. The molecule has 3 atom stereocenters. The van der Waals surface area contributed by atoms with E-state index in [-0.39, 0.29) is 18.4 Å². The third-order valence-electron chi connectivity index (χ3n) is 4.42. The number of nitrogens with one attached hydrogen (secondary N) is 2. The predicted molar refractivity (Wildman–Crippen MR) is 81.4 cm³/mol. The second kappa shape index (κ2) is 5.36. The Labute approximate surface area is 126 Å². The van der Waals surface area contributed by atoms with Crippen molar-refractivity contribution in [2.75, 3.05) is 34.2 Å². The first-order chi connectivity index (χ1) is 9.91. The van der Waals surface area contributed by atoms with Crippen molar-refractivity contribution in [2.45, 2.75) is 24.8 Å². The summed E-state index contributed by atoms with van der Waals surface area (Å²) in [7, 11) is 1.25. The normalized spacial score (nSPS) is 32.3. The summed E-state index contributed by atoms with van der Waals surface area (Å²) in [5, 5.41) is 6.82. The molecule has 0 radical (unpaired) electrons. The summed E-state index contributed by atoms with van der Waals surface area (Å²) in [6.07, 6.45) is 6.97. The van der Waals surface area contributed by atoms with Crippen LogP contribution in [-0.2, 0) is 10.2 Å². The average molecular weight is 313 g/mol. The molecule has 0 amide bonds. The van der Waals surface area contributed by atoms with Crippen LogP contribution in [0.2, 0.25) is 0 Å². The molecule has 0 bridgehead atoms. The zero-order valence-electron chi connectivity index (χ0n) is 12.7. The van der Waals surface area contributed by atoms with E-state index in [4.69, 9.17) is 0 Å². The molecule has 0 spiro atoms. The molecular formula is C13H23N5O2S. The summed E-state index contributed by atoms with van der Waals surface area (Å²) in [5.41, 5.74) is 1.25. The van der Waals surface area contributed by atoms with Gasteiger partial charge in [-0.3, -0.25) is 10.6 Å². The van der Waals surface area contributed by atoms with Crippen LogP contribution in [0.15, 0.2) is 23.9 Å². The van der Waals surface area contributed by atoms with E-state index < -0.39 is 10.2 Å². The van der Waals surface area contributed by atoms with Gasteiger partial charge in [0, 0.05) is 46.0 Å². The van der Waals surface area contributed by atoms with Crippen LogP contribution in [0.25, 0.3) is 0 Å². The molecule has 2 N–H and O–H groups in total. The lowest BCUT2D eigenvalue weighted by atomic mass is 9.95. The highest BCUT2D eigenvalue weighted by atomic mass is 32.2. The van der Waals surface area contributed by atoms with Crippen LogP contribution in [0.3, 0.4) is 0 Å². The van der Waals surface area contributed by atoms with Gasteiger partial charge in [-0.05, 0) is 12.5 Å². The summed E-state index contributed by atoms with van der Waals surface area (Å²) in [4.78, 5) is 2.35. The van der Waals surface area contributed by atoms with Crippen LogP contribution in [0.4, 0.5) is 0 Å². The van der Waals surface area contributed by atoms with Gasteiger partial charge in [-0.2, -0.15) is 17.0 Å². The highest BCUT2D eigenvalue weighted by molar-refractivity contribution is 7.86. The first kappa shape index (κ1) is 15.0. The van der Waals surface area contributed by atoms with Crippen LogP contribution in [0.5, 0.6) is 0 Å². The summed E-state index contributed by atoms with van der Waals surface area (Å²) in [6.45, 7) is 1.94. The molecule has 3 heterocycles. The van der Waals surface area contributed by atoms with Crippen molar-refractivity contribution in [3.8, 4) is 0 Å². The van der Waals surface area contributed by atoms with Gasteiger partial charge in [-0.25, -0.2) is 0 Å². The van der Waals surface area contributed by atoms with Crippen LogP contribution >= 0.6 is 0 Å². The fourth-order valence-electron chi connectivity index (χ4n) is 3.16. The topological polar surface area (TPSA) is 67.9 Å². The number of hydrogen-bond acceptors (Lipinski definition) is 5. The first-order valence-electron chi connectivity index (χ1n) is 7.20. The maximum atomic E-state index is 12.2. The lowest BCUT2D eigenvalue weighted by Crippen LogP contribution is -2.53. The second-order valence-electron chi connectivity index (χ2n) is 5.88. The lowest BCUT2D eigenvalue weighted by Gasteiger charge is -2.39. The number of piperidine rings is 1. The molecule has 2 unspecified atom stereocenters. The summed E-state index contributed by atoms with van der Waals surface area (Å²) in [5.74, 6) is 0. The largest absolute Gasteiger partial charge is 0.370 e. The average Bonchev–Trinajstić information content (AvgIpc) is 2.90. The van der Waals surface area contributed by atoms with E-state index in [0.29, 0.717) is 0 Å². The molecule has 8 heteroatoms. The third-order valence-corrected chi connectivity index (χ3v) is 6.28. The molecule has 118 valence electrons. The van der Waals surface area contributed by atoms with E-state index in [0.717, 1.165) is 19.5 Å². The Morgan fingerprint density at radius 2 is 2.05 bits per heavy atom. The van der Waals surface area contributed by atoms with Gasteiger partial charge in [0.2, 0.25) is 0 Å². The van der Waals surface area contributed by atoms with E-state index in [1.54, 1.807) is 21.1 Å². The molecule has 0 saturated carbocycles. The van der Waals surface area contributed by atoms with Crippen LogP contribution < -0.4 is 10.6 Å². The van der Waals surface area contributed by atoms with Gasteiger partial charge in [-0.1, -0.05) is 12.2 Å². The number of rotatable bonds is 3. The van der Waals surface area contributed by atoms with Crippen molar-refractivity contribution in [3.63, 3.8) is 0 Å². The van der Waals surface area contributed by atoms with E-state index in [9.17, 15) is 8.42 Å². The van der Waals surface area contributed by atoms with Gasteiger partial charge in [0.05, 0.1) is 6.04 Å². The summed E-state index contributed by atoms with van der Waals surface area (Å²) >= 11 is 0. The minimum Gasteiger partial charge on any atom is -0.370 e. The van der Waals surface area contributed by atoms with Crippen molar-refractivity contribution in [1.82, 2.24) is 24.1 Å². The molecule has 2 fully saturated rings. The van der Waals surface area contributed by atoms with E-state index >= 15 is 0 Å². The summed E-state index contributed by atoms with van der Waals surface area (Å²) in [6, 6.07) is 0.428. The minimum atomic E-state index is -3.44. The first-order valence-corrected chi connectivity index (χ1v) is 8.60. The molecule has 0 aliphatic carbocycles. The Morgan fingerprint density at radius 1 is 1.29 bits per heavy atom. The smallest absolute Gasteiger partial charge is 0.283 e. The van der Waals surface area contributed by atoms with Crippen molar-refractivity contribution in [3.05, 3.63) is 23.9 Å². The molecule has 21 heavy (non-hydrogen) atoms. The Bertz CT molecular complexity index is 571. The molecule has 0 aromatic rings. The zero-order chi connectivity index (χ0) is 15.2. The maximum absolute atomic E-state index is 12.2. The van der Waals surface area contributed by atoms with E-state index in [1.807, 2.05) is 0 Å². The SMILES string of the molecule is CN(C)S(=O)(=O)N(C)[C@H]1NC2CCN3CC=CC=C3C2N1. The summed E-state index contributed by atoms with van der Waals surface area (Å²) < 4.78 is 27.1. The second-order valence-corrected chi connectivity index (χ2v) is 8.08. The monoisotopic (exact) mass is 313 g/mol. The fourth-order valence-corrected chi connectivity index (χ4v) is 4.06. The van der Waals surface area contributed by atoms with Gasteiger partial charge in [0.1, 0.15) is 6.29 Å². The van der Waals surface area contributed by atoms with Crippen LogP contribution in [0, 0.1) is 0 Å². The third kappa shape index (κ3) is 2.51. The van der Waals surface area contributed by atoms with Gasteiger partial charge in [0.15, 0.2) is 0 Å². The van der Waals surface area contributed by atoms with Crippen molar-refractivity contribution >= 4 is 10.2 Å². The minimum absolute atomic E-state index is 0.161. The Balaban J connectivity index is 1.79. The van der Waals surface area contributed by atoms with E-state index in [2.05, 4.69) is 33.8 Å². The molecular weight excluding hydrogens is 290 g/mol. The van der Waals surface area contributed by atoms with Crippen molar-refractivity contribution in [2.24, 2.45) is 0 Å². The molecule has 3 rings (SSSR count). The van der Waals surface area contributed by atoms with Crippen molar-refractivity contribution < 1.29 is 8.42 Å². The number of nitrogens with zero attached hydrogens (tertiary/aromatic N) is 3. The quantitative estimate of drug-likeness (QED) is 0.707. The van der Waals surface area contributed by atoms with Crippen LogP contribution in [0.1, 0.15) is 6.42 Å².